The van der Waals surface area contributed by atoms with E-state index in [0.29, 0.717) is 23.8 Å². The molecule has 4 aliphatic heterocycles. The molecule has 174 valence electrons. The van der Waals surface area contributed by atoms with Crippen molar-refractivity contribution in [3.63, 3.8) is 0 Å². The number of piperidine rings is 4. The Morgan fingerprint density at radius 2 is 1.82 bits per heavy atom. The van der Waals surface area contributed by atoms with Crippen LogP contribution in [0.1, 0.15) is 60.9 Å². The number of hydrogen-bond donors (Lipinski definition) is 0. The second-order valence-corrected chi connectivity index (χ2v) is 11.0. The third kappa shape index (κ3) is 3.86. The van der Waals surface area contributed by atoms with E-state index in [-0.39, 0.29) is 0 Å². The minimum absolute atomic E-state index is 0.312. The van der Waals surface area contributed by atoms with Crippen molar-refractivity contribution in [3.05, 3.63) is 64.5 Å². The minimum Gasteiger partial charge on any atom is -0.344 e. The molecule has 1 aromatic carbocycles. The highest BCUT2D eigenvalue weighted by Gasteiger charge is 2.51. The van der Waals surface area contributed by atoms with Gasteiger partial charge in [-0.25, -0.2) is 0 Å². The van der Waals surface area contributed by atoms with Crippen LogP contribution in [0.15, 0.2) is 42.1 Å². The van der Waals surface area contributed by atoms with Gasteiger partial charge in [0.05, 0.1) is 0 Å². The van der Waals surface area contributed by atoms with Gasteiger partial charge >= 0.3 is 0 Å². The van der Waals surface area contributed by atoms with Crippen LogP contribution in [0.5, 0.6) is 0 Å². The maximum Gasteiger partial charge on any atom is 0.250 e. The van der Waals surface area contributed by atoms with Crippen molar-refractivity contribution in [3.8, 4) is 0 Å². The number of benzene rings is 1. The maximum atomic E-state index is 13.7. The summed E-state index contributed by atoms with van der Waals surface area (Å²) in [5.41, 5.74) is 6.08. The zero-order valence-corrected chi connectivity index (χ0v) is 20.2. The quantitative estimate of drug-likeness (QED) is 0.623. The van der Waals surface area contributed by atoms with Crippen LogP contribution in [-0.4, -0.2) is 52.0 Å². The van der Waals surface area contributed by atoms with E-state index >= 15 is 0 Å². The summed E-state index contributed by atoms with van der Waals surface area (Å²) in [5, 5.41) is 0. The van der Waals surface area contributed by atoms with Crippen LogP contribution in [-0.2, 0) is 11.3 Å². The first kappa shape index (κ1) is 21.2. The van der Waals surface area contributed by atoms with Gasteiger partial charge in [0.25, 0.3) is 0 Å². The molecule has 4 heteroatoms. The van der Waals surface area contributed by atoms with E-state index in [1.165, 1.54) is 55.5 Å². The lowest BCUT2D eigenvalue weighted by molar-refractivity contribution is -0.145. The number of aromatic nitrogens is 1. The molecule has 0 saturated carbocycles. The first-order valence-corrected chi connectivity index (χ1v) is 13.0. The largest absolute Gasteiger partial charge is 0.344 e. The second-order valence-electron chi connectivity index (χ2n) is 11.0. The number of carbonyl (C=O) groups excluding carboxylic acids is 1. The zero-order valence-electron chi connectivity index (χ0n) is 20.2. The molecule has 0 spiro atoms. The first-order valence-electron chi connectivity index (χ1n) is 13.0. The molecule has 0 unspecified atom stereocenters. The highest BCUT2D eigenvalue weighted by molar-refractivity contribution is 5.98. The molecule has 0 N–H and O–H groups in total. The molecule has 1 amide bonds. The Bertz CT molecular complexity index is 1060. The number of amides is 1. The number of rotatable bonds is 3. The van der Waals surface area contributed by atoms with E-state index in [1.807, 2.05) is 0 Å². The lowest BCUT2D eigenvalue weighted by Gasteiger charge is -2.58. The first-order chi connectivity index (χ1) is 16.1. The Balaban J connectivity index is 1.24. The molecule has 4 atom stereocenters. The fourth-order valence-electron chi connectivity index (χ4n) is 7.57. The molecule has 4 aliphatic rings. The van der Waals surface area contributed by atoms with Crippen molar-refractivity contribution >= 4 is 12.0 Å². The van der Waals surface area contributed by atoms with Gasteiger partial charge in [0.1, 0.15) is 0 Å². The second kappa shape index (κ2) is 8.47. The Hall–Kier alpha value is -2.33. The summed E-state index contributed by atoms with van der Waals surface area (Å²) in [7, 11) is 0. The molecule has 5 heterocycles. The van der Waals surface area contributed by atoms with Gasteiger partial charge in [-0.2, -0.15) is 0 Å². The fraction of sp³-hybridized carbons (Fsp3) is 0.552. The monoisotopic (exact) mass is 443 g/mol. The molecule has 6 rings (SSSR count). The molecular formula is C29H37N3O. The van der Waals surface area contributed by atoms with Crippen molar-refractivity contribution in [2.45, 2.75) is 71.0 Å². The predicted molar refractivity (Wildman–Crippen MR) is 133 cm³/mol. The summed E-state index contributed by atoms with van der Waals surface area (Å²) in [6.45, 7) is 8.70. The topological polar surface area (TPSA) is 28.5 Å². The molecule has 0 radical (unpaired) electrons. The summed E-state index contributed by atoms with van der Waals surface area (Å²) in [4.78, 5) is 18.8. The van der Waals surface area contributed by atoms with Crippen LogP contribution in [0.25, 0.3) is 6.08 Å². The number of hydrogen-bond acceptors (Lipinski definition) is 2. The SMILES string of the molecule is Cc1cc(C)cc(Cn2cccc2/C=C2\CC[C@@H]3[C@H]4CCCN5CCC[C@@H](CN3C2=O)[C@@H]45)c1. The number of fused-ring (bicyclic) bond motifs is 2. The molecule has 1 aromatic heterocycles. The van der Waals surface area contributed by atoms with Crippen molar-refractivity contribution in [1.29, 1.82) is 0 Å². The molecule has 0 aliphatic carbocycles. The van der Waals surface area contributed by atoms with Crippen LogP contribution in [0.3, 0.4) is 0 Å². The molecule has 2 aromatic rings. The maximum absolute atomic E-state index is 13.7. The van der Waals surface area contributed by atoms with E-state index in [0.717, 1.165) is 43.2 Å². The zero-order chi connectivity index (χ0) is 22.5. The standard InChI is InChI=1S/C29H37N3O/c1-20-14-21(2)16-22(15-20)18-31-13-4-7-25(31)17-23-9-10-27-26-8-5-12-30-11-3-6-24(28(26)30)19-32(27)29(23)33/h4,7,13-17,24,26-28H,3,5-6,8-12,18-19H2,1-2H3/b23-17+/t24-,26+,27+,28-/m0/s1. The van der Waals surface area contributed by atoms with Crippen molar-refractivity contribution < 1.29 is 4.79 Å². The molecule has 4 fully saturated rings. The van der Waals surface area contributed by atoms with E-state index in [9.17, 15) is 4.79 Å². The van der Waals surface area contributed by atoms with Crippen molar-refractivity contribution in [2.75, 3.05) is 19.6 Å². The van der Waals surface area contributed by atoms with Crippen LogP contribution in [0.4, 0.5) is 0 Å². The predicted octanol–water partition coefficient (Wildman–Crippen LogP) is 5.03. The average molecular weight is 444 g/mol. The van der Waals surface area contributed by atoms with Crippen LogP contribution in [0, 0.1) is 25.7 Å². The van der Waals surface area contributed by atoms with Gasteiger partial charge in [0, 0.05) is 42.6 Å². The van der Waals surface area contributed by atoms with Crippen molar-refractivity contribution in [2.24, 2.45) is 11.8 Å². The van der Waals surface area contributed by atoms with E-state index in [2.05, 4.69) is 70.8 Å². The number of aryl methyl sites for hydroxylation is 2. The molecule has 33 heavy (non-hydrogen) atoms. The lowest BCUT2D eigenvalue weighted by atomic mass is 9.67. The summed E-state index contributed by atoms with van der Waals surface area (Å²) in [6.07, 6.45) is 11.6. The molecule has 0 bridgehead atoms. The van der Waals surface area contributed by atoms with Gasteiger partial charge in [-0.15, -0.1) is 0 Å². The highest BCUT2D eigenvalue weighted by atomic mass is 16.2. The Morgan fingerprint density at radius 1 is 1.03 bits per heavy atom. The lowest BCUT2D eigenvalue weighted by Crippen LogP contribution is -2.66. The Morgan fingerprint density at radius 3 is 2.64 bits per heavy atom. The highest BCUT2D eigenvalue weighted by Crippen LogP contribution is 2.45. The summed E-state index contributed by atoms with van der Waals surface area (Å²) in [6, 6.07) is 12.2. The Kier molecular flexibility index (Phi) is 5.44. The van der Waals surface area contributed by atoms with E-state index in [1.54, 1.807) is 0 Å². The molecular weight excluding hydrogens is 406 g/mol. The summed E-state index contributed by atoms with van der Waals surface area (Å²) >= 11 is 0. The van der Waals surface area contributed by atoms with Gasteiger partial charge in [-0.05, 0) is 101 Å². The minimum atomic E-state index is 0.312. The van der Waals surface area contributed by atoms with Gasteiger partial charge in [0.15, 0.2) is 0 Å². The van der Waals surface area contributed by atoms with Crippen molar-refractivity contribution in [1.82, 2.24) is 14.4 Å². The van der Waals surface area contributed by atoms with Gasteiger partial charge in [-0.1, -0.05) is 29.3 Å². The average Bonchev–Trinajstić information content (AvgIpc) is 3.22. The molecule has 4 saturated heterocycles. The van der Waals surface area contributed by atoms with Crippen LogP contribution in [0.2, 0.25) is 0 Å². The smallest absolute Gasteiger partial charge is 0.250 e. The van der Waals surface area contributed by atoms with Crippen LogP contribution < -0.4 is 0 Å². The number of nitrogens with zero attached hydrogens (tertiary/aromatic N) is 3. The van der Waals surface area contributed by atoms with Crippen LogP contribution >= 0.6 is 0 Å². The fourth-order valence-corrected chi connectivity index (χ4v) is 7.57. The van der Waals surface area contributed by atoms with Gasteiger partial charge in [-0.3, -0.25) is 9.69 Å². The summed E-state index contributed by atoms with van der Waals surface area (Å²) in [5.74, 6) is 1.68. The summed E-state index contributed by atoms with van der Waals surface area (Å²) < 4.78 is 2.28. The van der Waals surface area contributed by atoms with Gasteiger partial charge < -0.3 is 9.47 Å². The third-order valence-electron chi connectivity index (χ3n) is 8.74. The Labute approximate surface area is 198 Å². The number of carbonyl (C=O) groups is 1. The normalized spacial score (nSPS) is 30.9. The molecule has 4 nitrogen and oxygen atoms in total. The van der Waals surface area contributed by atoms with Gasteiger partial charge in [0.2, 0.25) is 5.91 Å². The van der Waals surface area contributed by atoms with E-state index in [4.69, 9.17) is 0 Å². The third-order valence-corrected chi connectivity index (χ3v) is 8.74. The van der Waals surface area contributed by atoms with E-state index < -0.39 is 0 Å².